The molecule has 0 bridgehead atoms. The quantitative estimate of drug-likeness (QED) is 0.920. The zero-order chi connectivity index (χ0) is 12.6. The van der Waals surface area contributed by atoms with Gasteiger partial charge in [-0.15, -0.1) is 23.5 Å². The molecule has 1 saturated heterocycles. The van der Waals surface area contributed by atoms with Gasteiger partial charge in [-0.05, 0) is 43.1 Å². The lowest BCUT2D eigenvalue weighted by molar-refractivity contribution is -0.140. The number of thioether (sulfide) groups is 2. The van der Waals surface area contributed by atoms with E-state index < -0.39 is 10.7 Å². The lowest BCUT2D eigenvalue weighted by Gasteiger charge is -2.25. The molecule has 4 heteroatoms. The molecule has 96 valence electrons. The summed E-state index contributed by atoms with van der Waals surface area (Å²) in [7, 11) is 0. The van der Waals surface area contributed by atoms with Crippen LogP contribution in [0.15, 0.2) is 29.2 Å². The number of carboxylic acids is 1. The van der Waals surface area contributed by atoms with Crippen molar-refractivity contribution in [3.63, 3.8) is 0 Å². The van der Waals surface area contributed by atoms with Crippen molar-refractivity contribution in [2.75, 3.05) is 5.75 Å². The molecule has 0 amide bonds. The van der Waals surface area contributed by atoms with E-state index >= 15 is 0 Å². The fourth-order valence-corrected chi connectivity index (χ4v) is 5.82. The van der Waals surface area contributed by atoms with E-state index in [4.69, 9.17) is 0 Å². The lowest BCUT2D eigenvalue weighted by atomic mass is 9.95. The molecule has 1 aromatic rings. The minimum atomic E-state index is -0.610. The van der Waals surface area contributed by atoms with Crippen molar-refractivity contribution in [2.45, 2.75) is 40.6 Å². The van der Waals surface area contributed by atoms with Crippen molar-refractivity contribution in [3.05, 3.63) is 29.8 Å². The molecule has 1 N–H and O–H groups in total. The predicted octanol–water partition coefficient (Wildman–Crippen LogP) is 3.44. The van der Waals surface area contributed by atoms with E-state index in [-0.39, 0.29) is 0 Å². The summed E-state index contributed by atoms with van der Waals surface area (Å²) in [5.74, 6) is 0.387. The fraction of sp³-hybridized carbons (Fsp3) is 0.500. The Hall–Kier alpha value is -0.610. The van der Waals surface area contributed by atoms with Crippen LogP contribution in [-0.4, -0.2) is 26.8 Å². The highest BCUT2D eigenvalue weighted by Gasteiger charge is 2.44. The third-order valence-electron chi connectivity index (χ3n) is 3.76. The van der Waals surface area contributed by atoms with E-state index in [1.54, 1.807) is 11.8 Å². The summed E-state index contributed by atoms with van der Waals surface area (Å²) in [4.78, 5) is 12.9. The molecule has 0 aliphatic carbocycles. The average Bonchev–Trinajstić information content (AvgIpc) is 2.95. The number of hydrogen-bond donors (Lipinski definition) is 1. The van der Waals surface area contributed by atoms with Crippen molar-refractivity contribution in [2.24, 2.45) is 0 Å². The summed E-state index contributed by atoms with van der Waals surface area (Å²) >= 11 is 3.51. The first-order chi connectivity index (χ1) is 8.70. The number of carboxylic acid groups (broad SMARTS) is 1. The third kappa shape index (κ3) is 2.16. The molecule has 2 atom stereocenters. The van der Waals surface area contributed by atoms with Gasteiger partial charge in [0.15, 0.2) is 0 Å². The maximum absolute atomic E-state index is 11.6. The van der Waals surface area contributed by atoms with Gasteiger partial charge in [0.25, 0.3) is 0 Å². The van der Waals surface area contributed by atoms with E-state index in [0.717, 1.165) is 31.4 Å². The highest BCUT2D eigenvalue weighted by Crippen LogP contribution is 2.47. The van der Waals surface area contributed by atoms with Gasteiger partial charge < -0.3 is 5.11 Å². The van der Waals surface area contributed by atoms with Crippen molar-refractivity contribution < 1.29 is 9.90 Å². The number of rotatable bonds is 3. The fourth-order valence-electron chi connectivity index (χ4n) is 2.85. The minimum absolute atomic E-state index is 0.434. The van der Waals surface area contributed by atoms with Gasteiger partial charge in [0, 0.05) is 10.1 Å². The molecule has 2 unspecified atom stereocenters. The molecule has 3 rings (SSSR count). The topological polar surface area (TPSA) is 37.3 Å². The van der Waals surface area contributed by atoms with E-state index in [1.165, 1.54) is 10.5 Å². The average molecular weight is 280 g/mol. The van der Waals surface area contributed by atoms with Gasteiger partial charge in [-0.2, -0.15) is 0 Å². The molecular formula is C14H16O2S2. The van der Waals surface area contributed by atoms with Gasteiger partial charge in [0.2, 0.25) is 0 Å². The van der Waals surface area contributed by atoms with Crippen molar-refractivity contribution in [1.82, 2.24) is 0 Å². The first-order valence-electron chi connectivity index (χ1n) is 6.31. The molecule has 1 aromatic carbocycles. The van der Waals surface area contributed by atoms with Crippen LogP contribution in [0.25, 0.3) is 0 Å². The van der Waals surface area contributed by atoms with Crippen LogP contribution >= 0.6 is 23.5 Å². The lowest BCUT2D eigenvalue weighted by Crippen LogP contribution is -2.35. The van der Waals surface area contributed by atoms with Gasteiger partial charge in [-0.1, -0.05) is 18.2 Å². The van der Waals surface area contributed by atoms with Crippen molar-refractivity contribution in [1.29, 1.82) is 0 Å². The highest BCUT2D eigenvalue weighted by atomic mass is 32.2. The maximum atomic E-state index is 11.6. The highest BCUT2D eigenvalue weighted by molar-refractivity contribution is 8.02. The normalized spacial score (nSPS) is 30.3. The Morgan fingerprint density at radius 3 is 2.94 bits per heavy atom. The molecule has 2 heterocycles. The maximum Gasteiger partial charge on any atom is 0.319 e. The SMILES string of the molecule is O=C(O)C1(CC2Cc3ccccc3S2)CCCS1. The van der Waals surface area contributed by atoms with Crippen molar-refractivity contribution >= 4 is 29.5 Å². The summed E-state index contributed by atoms with van der Waals surface area (Å²) in [5.41, 5.74) is 1.39. The number of hydrogen-bond acceptors (Lipinski definition) is 3. The first-order valence-corrected chi connectivity index (χ1v) is 8.18. The zero-order valence-electron chi connectivity index (χ0n) is 10.1. The molecule has 0 aromatic heterocycles. The predicted molar refractivity (Wildman–Crippen MR) is 76.5 cm³/mol. The second kappa shape index (κ2) is 4.82. The van der Waals surface area contributed by atoms with Crippen LogP contribution in [0, 0.1) is 0 Å². The molecule has 1 fully saturated rings. The van der Waals surface area contributed by atoms with Gasteiger partial charge >= 0.3 is 5.97 Å². The molecule has 0 radical (unpaired) electrons. The van der Waals surface area contributed by atoms with Gasteiger partial charge in [0.05, 0.1) is 0 Å². The molecule has 2 aliphatic heterocycles. The summed E-state index contributed by atoms with van der Waals surface area (Å²) < 4.78 is -0.514. The Morgan fingerprint density at radius 1 is 1.44 bits per heavy atom. The van der Waals surface area contributed by atoms with Gasteiger partial charge in [-0.3, -0.25) is 4.79 Å². The van der Waals surface area contributed by atoms with Crippen LogP contribution in [0.5, 0.6) is 0 Å². The third-order valence-corrected chi connectivity index (χ3v) is 6.67. The van der Waals surface area contributed by atoms with Crippen LogP contribution < -0.4 is 0 Å². The molecule has 18 heavy (non-hydrogen) atoms. The van der Waals surface area contributed by atoms with E-state index in [9.17, 15) is 9.90 Å². The summed E-state index contributed by atoms with van der Waals surface area (Å²) in [6.45, 7) is 0. The smallest absolute Gasteiger partial charge is 0.319 e. The Morgan fingerprint density at radius 2 is 2.28 bits per heavy atom. The van der Waals surface area contributed by atoms with Crippen LogP contribution in [0.2, 0.25) is 0 Å². The van der Waals surface area contributed by atoms with Gasteiger partial charge in [-0.25, -0.2) is 0 Å². The molecular weight excluding hydrogens is 264 g/mol. The summed E-state index contributed by atoms with van der Waals surface area (Å²) in [6, 6.07) is 8.44. The monoisotopic (exact) mass is 280 g/mol. The van der Waals surface area contributed by atoms with Crippen LogP contribution in [0.1, 0.15) is 24.8 Å². The summed E-state index contributed by atoms with van der Waals surface area (Å²) in [6.07, 6.45) is 3.70. The Kier molecular flexibility index (Phi) is 3.32. The Balaban J connectivity index is 1.73. The largest absolute Gasteiger partial charge is 0.480 e. The Bertz CT molecular complexity index is 442. The number of fused-ring (bicyclic) bond motifs is 1. The number of benzene rings is 1. The summed E-state index contributed by atoms with van der Waals surface area (Å²) in [5, 5.41) is 9.95. The van der Waals surface area contributed by atoms with E-state index in [2.05, 4.69) is 24.3 Å². The number of aliphatic carboxylic acids is 1. The first kappa shape index (κ1) is 12.4. The molecule has 2 aliphatic rings. The van der Waals surface area contributed by atoms with E-state index in [0.29, 0.717) is 5.25 Å². The second-order valence-corrected chi connectivity index (χ2v) is 7.83. The standard InChI is InChI=1S/C14H16O2S2/c15-13(16)14(6-3-7-17-14)9-11-8-10-4-1-2-5-12(10)18-11/h1-2,4-5,11H,3,6-9H2,(H,15,16). The van der Waals surface area contributed by atoms with E-state index in [1.807, 2.05) is 11.8 Å². The van der Waals surface area contributed by atoms with Crippen LogP contribution in [-0.2, 0) is 11.2 Å². The second-order valence-electron chi connectivity index (χ2n) is 5.01. The van der Waals surface area contributed by atoms with Crippen molar-refractivity contribution in [3.8, 4) is 0 Å². The zero-order valence-corrected chi connectivity index (χ0v) is 11.7. The minimum Gasteiger partial charge on any atom is -0.480 e. The van der Waals surface area contributed by atoms with Crippen LogP contribution in [0.4, 0.5) is 0 Å². The van der Waals surface area contributed by atoms with Crippen LogP contribution in [0.3, 0.4) is 0 Å². The molecule has 2 nitrogen and oxygen atoms in total. The molecule has 0 spiro atoms. The number of carbonyl (C=O) groups is 1. The molecule has 0 saturated carbocycles. The Labute approximate surface area is 116 Å². The van der Waals surface area contributed by atoms with Gasteiger partial charge in [0.1, 0.15) is 4.75 Å².